The van der Waals surface area contributed by atoms with Crippen LogP contribution in [0.25, 0.3) is 0 Å². The molecule has 0 saturated carbocycles. The average Bonchev–Trinajstić information content (AvgIpc) is 2.84. The predicted octanol–water partition coefficient (Wildman–Crippen LogP) is 1.89. The van der Waals surface area contributed by atoms with E-state index in [-0.39, 0.29) is 23.4 Å². The van der Waals surface area contributed by atoms with Gasteiger partial charge in [0.15, 0.2) is 0 Å². The SMILES string of the molecule is CCC[C@@H]1CN(C(C)=O)C[C@H]1NS(=O)(=O)Cc1ccccc1F. The van der Waals surface area contributed by atoms with Gasteiger partial charge in [-0.2, -0.15) is 0 Å². The maximum absolute atomic E-state index is 13.7. The van der Waals surface area contributed by atoms with Crippen molar-refractivity contribution in [1.82, 2.24) is 9.62 Å². The van der Waals surface area contributed by atoms with E-state index in [9.17, 15) is 17.6 Å². The van der Waals surface area contributed by atoms with Gasteiger partial charge in [0.05, 0.1) is 5.75 Å². The Morgan fingerprint density at radius 2 is 2.04 bits per heavy atom. The van der Waals surface area contributed by atoms with E-state index in [0.29, 0.717) is 13.1 Å². The monoisotopic (exact) mass is 342 g/mol. The van der Waals surface area contributed by atoms with Gasteiger partial charge in [0.2, 0.25) is 15.9 Å². The number of sulfonamides is 1. The molecule has 0 bridgehead atoms. The van der Waals surface area contributed by atoms with E-state index >= 15 is 0 Å². The number of nitrogens with one attached hydrogen (secondary N) is 1. The summed E-state index contributed by atoms with van der Waals surface area (Å²) in [7, 11) is -3.67. The molecule has 0 aliphatic carbocycles. The molecule has 1 aliphatic heterocycles. The van der Waals surface area contributed by atoms with Crippen molar-refractivity contribution >= 4 is 15.9 Å². The minimum absolute atomic E-state index is 0.0538. The third kappa shape index (κ3) is 4.75. The fourth-order valence-electron chi connectivity index (χ4n) is 3.02. The number of benzene rings is 1. The molecule has 1 fully saturated rings. The van der Waals surface area contributed by atoms with Gasteiger partial charge in [-0.05, 0) is 18.4 Å². The summed E-state index contributed by atoms with van der Waals surface area (Å²) >= 11 is 0. The Hall–Kier alpha value is -1.47. The molecule has 128 valence electrons. The molecule has 0 aromatic heterocycles. The second-order valence-electron chi connectivity index (χ2n) is 6.05. The number of halogens is 1. The van der Waals surface area contributed by atoms with Crippen LogP contribution >= 0.6 is 0 Å². The van der Waals surface area contributed by atoms with Crippen molar-refractivity contribution in [2.75, 3.05) is 13.1 Å². The lowest BCUT2D eigenvalue weighted by molar-refractivity contribution is -0.127. The van der Waals surface area contributed by atoms with Gasteiger partial charge in [0.25, 0.3) is 0 Å². The van der Waals surface area contributed by atoms with E-state index in [1.807, 2.05) is 6.92 Å². The van der Waals surface area contributed by atoms with Crippen molar-refractivity contribution in [3.63, 3.8) is 0 Å². The smallest absolute Gasteiger partial charge is 0.219 e. The first-order valence-electron chi connectivity index (χ1n) is 7.81. The van der Waals surface area contributed by atoms with Crippen LogP contribution in [0.3, 0.4) is 0 Å². The van der Waals surface area contributed by atoms with Crippen LogP contribution in [-0.2, 0) is 20.6 Å². The number of carbonyl (C=O) groups is 1. The lowest BCUT2D eigenvalue weighted by Gasteiger charge is -2.19. The van der Waals surface area contributed by atoms with Crippen molar-refractivity contribution in [1.29, 1.82) is 0 Å². The molecule has 1 saturated heterocycles. The zero-order valence-corrected chi connectivity index (χ0v) is 14.3. The van der Waals surface area contributed by atoms with Gasteiger partial charge in [0, 0.05) is 31.6 Å². The summed E-state index contributed by atoms with van der Waals surface area (Å²) in [5.41, 5.74) is 0.147. The zero-order chi connectivity index (χ0) is 17.0. The molecule has 0 radical (unpaired) electrons. The second-order valence-corrected chi connectivity index (χ2v) is 7.80. The number of amides is 1. The summed E-state index contributed by atoms with van der Waals surface area (Å²) in [5, 5.41) is 0. The summed E-state index contributed by atoms with van der Waals surface area (Å²) in [6.45, 7) is 4.45. The number of hydrogen-bond acceptors (Lipinski definition) is 3. The molecule has 1 heterocycles. The Balaban J connectivity index is 2.09. The number of rotatable bonds is 6. The fourth-order valence-corrected chi connectivity index (χ4v) is 4.47. The highest BCUT2D eigenvalue weighted by Gasteiger charge is 2.35. The highest BCUT2D eigenvalue weighted by Crippen LogP contribution is 2.23. The molecular weight excluding hydrogens is 319 g/mol. The van der Waals surface area contributed by atoms with Crippen molar-refractivity contribution in [3.05, 3.63) is 35.6 Å². The van der Waals surface area contributed by atoms with Crippen LogP contribution in [0, 0.1) is 11.7 Å². The standard InChI is InChI=1S/C16H23FN2O3S/c1-3-6-13-9-19(12(2)20)10-16(13)18-23(21,22)11-14-7-4-5-8-15(14)17/h4-5,7-8,13,16,18H,3,6,9-11H2,1-2H3/t13-,16-/m1/s1. The first kappa shape index (κ1) is 17.9. The van der Waals surface area contributed by atoms with Crippen LogP contribution < -0.4 is 4.72 Å². The van der Waals surface area contributed by atoms with Crippen LogP contribution in [0.4, 0.5) is 4.39 Å². The van der Waals surface area contributed by atoms with Gasteiger partial charge < -0.3 is 4.90 Å². The van der Waals surface area contributed by atoms with E-state index in [1.54, 1.807) is 11.0 Å². The van der Waals surface area contributed by atoms with Crippen LogP contribution in [0.2, 0.25) is 0 Å². The maximum Gasteiger partial charge on any atom is 0.219 e. The molecule has 23 heavy (non-hydrogen) atoms. The molecule has 1 amide bonds. The molecule has 1 aromatic rings. The Kier molecular flexibility index (Phi) is 5.75. The minimum Gasteiger partial charge on any atom is -0.341 e. The Morgan fingerprint density at radius 3 is 2.65 bits per heavy atom. The highest BCUT2D eigenvalue weighted by molar-refractivity contribution is 7.88. The van der Waals surface area contributed by atoms with Gasteiger partial charge in [-0.1, -0.05) is 31.5 Å². The van der Waals surface area contributed by atoms with Crippen molar-refractivity contribution in [2.45, 2.75) is 38.5 Å². The van der Waals surface area contributed by atoms with Crippen LogP contribution in [0.15, 0.2) is 24.3 Å². The van der Waals surface area contributed by atoms with Crippen molar-refractivity contribution in [3.8, 4) is 0 Å². The van der Waals surface area contributed by atoms with E-state index < -0.39 is 21.6 Å². The Morgan fingerprint density at radius 1 is 1.35 bits per heavy atom. The Bertz CT molecular complexity index is 663. The first-order valence-corrected chi connectivity index (χ1v) is 9.46. The predicted molar refractivity (Wildman–Crippen MR) is 86.6 cm³/mol. The van der Waals surface area contributed by atoms with Crippen molar-refractivity contribution in [2.24, 2.45) is 5.92 Å². The number of nitrogens with zero attached hydrogens (tertiary/aromatic N) is 1. The highest BCUT2D eigenvalue weighted by atomic mass is 32.2. The lowest BCUT2D eigenvalue weighted by Crippen LogP contribution is -2.41. The van der Waals surface area contributed by atoms with E-state index in [4.69, 9.17) is 0 Å². The molecule has 0 spiro atoms. The minimum atomic E-state index is -3.67. The average molecular weight is 342 g/mol. The first-order chi connectivity index (χ1) is 10.8. The van der Waals surface area contributed by atoms with Gasteiger partial charge in [-0.25, -0.2) is 17.5 Å². The third-order valence-electron chi connectivity index (χ3n) is 4.18. The zero-order valence-electron chi connectivity index (χ0n) is 13.5. The Labute approximate surface area is 136 Å². The lowest BCUT2D eigenvalue weighted by atomic mass is 9.99. The molecule has 0 unspecified atom stereocenters. The van der Waals surface area contributed by atoms with Gasteiger partial charge >= 0.3 is 0 Å². The molecule has 7 heteroatoms. The number of carbonyl (C=O) groups excluding carboxylic acids is 1. The second kappa shape index (κ2) is 7.40. The molecule has 1 aromatic carbocycles. The van der Waals surface area contributed by atoms with Crippen LogP contribution in [0.1, 0.15) is 32.3 Å². The van der Waals surface area contributed by atoms with E-state index in [2.05, 4.69) is 4.72 Å². The fraction of sp³-hybridized carbons (Fsp3) is 0.562. The summed E-state index contributed by atoms with van der Waals surface area (Å²) in [6, 6.07) is 5.54. The van der Waals surface area contributed by atoms with Gasteiger partial charge in [-0.15, -0.1) is 0 Å². The molecule has 1 aliphatic rings. The quantitative estimate of drug-likeness (QED) is 0.858. The molecule has 5 nitrogen and oxygen atoms in total. The summed E-state index contributed by atoms with van der Waals surface area (Å²) < 4.78 is 41.0. The van der Waals surface area contributed by atoms with Crippen LogP contribution in [-0.4, -0.2) is 38.4 Å². The van der Waals surface area contributed by atoms with Crippen LogP contribution in [0.5, 0.6) is 0 Å². The van der Waals surface area contributed by atoms with Gasteiger partial charge in [0.1, 0.15) is 5.82 Å². The van der Waals surface area contributed by atoms with E-state index in [0.717, 1.165) is 12.8 Å². The van der Waals surface area contributed by atoms with E-state index in [1.165, 1.54) is 25.1 Å². The van der Waals surface area contributed by atoms with Crippen molar-refractivity contribution < 1.29 is 17.6 Å². The third-order valence-corrected chi connectivity index (χ3v) is 5.53. The number of hydrogen-bond donors (Lipinski definition) is 1. The summed E-state index contributed by atoms with van der Waals surface area (Å²) in [4.78, 5) is 13.2. The molecule has 1 N–H and O–H groups in total. The molecular formula is C16H23FN2O3S. The summed E-state index contributed by atoms with van der Waals surface area (Å²) in [6.07, 6.45) is 1.76. The molecule has 2 rings (SSSR count). The normalized spacial score (nSPS) is 21.6. The summed E-state index contributed by atoms with van der Waals surface area (Å²) in [5.74, 6) is -0.879. The molecule has 2 atom stereocenters. The largest absolute Gasteiger partial charge is 0.341 e. The number of likely N-dealkylation sites (tertiary alicyclic amines) is 1. The van der Waals surface area contributed by atoms with Gasteiger partial charge in [-0.3, -0.25) is 4.79 Å². The topological polar surface area (TPSA) is 66.5 Å². The maximum atomic E-state index is 13.7.